The number of aliphatic hydroxyl groups is 1. The second-order valence-corrected chi connectivity index (χ2v) is 5.09. The molecule has 6 nitrogen and oxygen atoms in total. The average Bonchev–Trinajstić information content (AvgIpc) is 2.76. The molecule has 0 aliphatic carbocycles. The van der Waals surface area contributed by atoms with E-state index >= 15 is 0 Å². The van der Waals surface area contributed by atoms with Gasteiger partial charge in [-0.25, -0.2) is 26.9 Å². The Kier molecular flexibility index (Phi) is 4.17. The average molecular weight is 269 g/mol. The number of hydrogen-bond acceptors (Lipinski definition) is 4. The fourth-order valence-corrected chi connectivity index (χ4v) is 1.99. The summed E-state index contributed by atoms with van der Waals surface area (Å²) < 4.78 is 51.6. The highest BCUT2D eigenvalue weighted by molar-refractivity contribution is 7.89. The first-order valence-corrected chi connectivity index (χ1v) is 6.29. The van der Waals surface area contributed by atoms with Crippen LogP contribution >= 0.6 is 0 Å². The van der Waals surface area contributed by atoms with E-state index in [0.29, 0.717) is 6.54 Å². The molecule has 1 aromatic rings. The van der Waals surface area contributed by atoms with E-state index in [1.807, 2.05) is 0 Å². The topological polar surface area (TPSA) is 84.2 Å². The Morgan fingerprint density at radius 2 is 2.24 bits per heavy atom. The van der Waals surface area contributed by atoms with Crippen LogP contribution in [-0.4, -0.2) is 42.1 Å². The molecule has 1 heterocycles. The lowest BCUT2D eigenvalue weighted by molar-refractivity contribution is -0.0437. The first-order chi connectivity index (χ1) is 7.80. The predicted octanol–water partition coefficient (Wildman–Crippen LogP) is -0.191. The molecule has 0 radical (unpaired) electrons. The number of imidazole rings is 1. The lowest BCUT2D eigenvalue weighted by Crippen LogP contribution is -2.39. The predicted molar refractivity (Wildman–Crippen MR) is 55.1 cm³/mol. The van der Waals surface area contributed by atoms with Gasteiger partial charge in [0.25, 0.3) is 15.9 Å². The zero-order valence-corrected chi connectivity index (χ0v) is 9.91. The molecule has 9 heteroatoms. The van der Waals surface area contributed by atoms with Crippen molar-refractivity contribution in [3.63, 3.8) is 0 Å². The van der Waals surface area contributed by atoms with E-state index in [-0.39, 0.29) is 5.03 Å². The molecule has 0 unspecified atom stereocenters. The third-order valence-electron chi connectivity index (χ3n) is 2.00. The first kappa shape index (κ1) is 14.0. The van der Waals surface area contributed by atoms with E-state index < -0.39 is 29.1 Å². The van der Waals surface area contributed by atoms with Crippen molar-refractivity contribution in [1.29, 1.82) is 0 Å². The van der Waals surface area contributed by atoms with E-state index in [4.69, 9.17) is 5.11 Å². The summed E-state index contributed by atoms with van der Waals surface area (Å²) in [5.41, 5.74) is 0. The maximum Gasteiger partial charge on any atom is 0.283 e. The molecule has 0 amide bonds. The molecular weight excluding hydrogens is 256 g/mol. The number of aliphatic hydroxyl groups excluding tert-OH is 1. The van der Waals surface area contributed by atoms with Crippen LogP contribution in [0.4, 0.5) is 8.78 Å². The molecule has 0 saturated heterocycles. The summed E-state index contributed by atoms with van der Waals surface area (Å²) in [5.74, 6) is -3.49. The molecule has 1 rings (SSSR count). The zero-order chi connectivity index (χ0) is 13.1. The minimum Gasteiger partial charge on any atom is -0.390 e. The number of hydrogen-bond donors (Lipinski definition) is 2. The standard InChI is InChI=1S/C8H13F2N3O3S/c1-2-13-3-7(11-6-13)17(15,16)12-4-8(9,10)5-14/h3,6,12,14H,2,4-5H2,1H3. The van der Waals surface area contributed by atoms with Crippen molar-refractivity contribution in [2.75, 3.05) is 13.2 Å². The molecule has 98 valence electrons. The van der Waals surface area contributed by atoms with Crippen molar-refractivity contribution in [1.82, 2.24) is 14.3 Å². The quantitative estimate of drug-likeness (QED) is 0.749. The number of aromatic nitrogens is 2. The van der Waals surface area contributed by atoms with E-state index in [0.717, 1.165) is 0 Å². The van der Waals surface area contributed by atoms with Gasteiger partial charge in [0.15, 0.2) is 5.03 Å². The molecule has 0 aliphatic rings. The lowest BCUT2D eigenvalue weighted by atomic mass is 10.4. The van der Waals surface area contributed by atoms with Crippen molar-refractivity contribution in [2.24, 2.45) is 0 Å². The van der Waals surface area contributed by atoms with Crippen molar-refractivity contribution in [2.45, 2.75) is 24.4 Å². The summed E-state index contributed by atoms with van der Waals surface area (Å²) in [4.78, 5) is 3.59. The fourth-order valence-electron chi connectivity index (χ4n) is 0.982. The van der Waals surface area contributed by atoms with Crippen LogP contribution < -0.4 is 4.72 Å². The molecular formula is C8H13F2N3O3S. The number of aryl methyl sites for hydroxylation is 1. The van der Waals surface area contributed by atoms with Crippen molar-refractivity contribution >= 4 is 10.0 Å². The molecule has 0 fully saturated rings. The minimum atomic E-state index is -4.07. The summed E-state index contributed by atoms with van der Waals surface area (Å²) >= 11 is 0. The fraction of sp³-hybridized carbons (Fsp3) is 0.625. The van der Waals surface area contributed by atoms with Crippen LogP contribution in [0.5, 0.6) is 0 Å². The Morgan fingerprint density at radius 3 is 2.71 bits per heavy atom. The van der Waals surface area contributed by atoms with Crippen molar-refractivity contribution in [3.05, 3.63) is 12.5 Å². The highest BCUT2D eigenvalue weighted by Crippen LogP contribution is 2.12. The van der Waals surface area contributed by atoms with Gasteiger partial charge in [0.2, 0.25) is 0 Å². The van der Waals surface area contributed by atoms with Gasteiger partial charge in [0.05, 0.1) is 12.9 Å². The van der Waals surface area contributed by atoms with Crippen LogP contribution in [0.3, 0.4) is 0 Å². The number of halogens is 2. The smallest absolute Gasteiger partial charge is 0.283 e. The Hall–Kier alpha value is -1.06. The third-order valence-corrected chi connectivity index (χ3v) is 3.29. The summed E-state index contributed by atoms with van der Waals surface area (Å²) in [7, 11) is -4.07. The Morgan fingerprint density at radius 1 is 1.59 bits per heavy atom. The van der Waals surface area contributed by atoms with Gasteiger partial charge in [-0.05, 0) is 6.92 Å². The van der Waals surface area contributed by atoms with Gasteiger partial charge >= 0.3 is 0 Å². The van der Waals surface area contributed by atoms with Gasteiger partial charge in [-0.15, -0.1) is 0 Å². The summed E-state index contributed by atoms with van der Waals surface area (Å²) in [6, 6.07) is 0. The van der Waals surface area contributed by atoms with Crippen LogP contribution in [0, 0.1) is 0 Å². The van der Waals surface area contributed by atoms with Crippen molar-refractivity contribution < 1.29 is 22.3 Å². The number of nitrogens with zero attached hydrogens (tertiary/aromatic N) is 2. The molecule has 0 saturated carbocycles. The zero-order valence-electron chi connectivity index (χ0n) is 9.10. The van der Waals surface area contributed by atoms with Crippen LogP contribution in [0.2, 0.25) is 0 Å². The summed E-state index contributed by atoms with van der Waals surface area (Å²) in [6.45, 7) is -0.273. The van der Waals surface area contributed by atoms with E-state index in [1.54, 1.807) is 11.6 Å². The van der Waals surface area contributed by atoms with Crippen LogP contribution in [0.25, 0.3) is 0 Å². The molecule has 1 aromatic heterocycles. The lowest BCUT2D eigenvalue weighted by Gasteiger charge is -2.13. The monoisotopic (exact) mass is 269 g/mol. The Balaban J connectivity index is 2.76. The highest BCUT2D eigenvalue weighted by Gasteiger charge is 2.30. The van der Waals surface area contributed by atoms with Gasteiger partial charge in [-0.1, -0.05) is 0 Å². The first-order valence-electron chi connectivity index (χ1n) is 4.81. The van der Waals surface area contributed by atoms with Gasteiger partial charge < -0.3 is 9.67 Å². The maximum atomic E-state index is 12.7. The van der Waals surface area contributed by atoms with Crippen molar-refractivity contribution in [3.8, 4) is 0 Å². The Bertz CT molecular complexity index is 472. The van der Waals surface area contributed by atoms with Crippen LogP contribution in [-0.2, 0) is 16.6 Å². The second kappa shape index (κ2) is 5.07. The van der Waals surface area contributed by atoms with Crippen LogP contribution in [0.15, 0.2) is 17.6 Å². The molecule has 17 heavy (non-hydrogen) atoms. The second-order valence-electron chi connectivity index (χ2n) is 3.38. The molecule has 2 N–H and O–H groups in total. The summed E-state index contributed by atoms with van der Waals surface area (Å²) in [5, 5.41) is 7.97. The number of nitrogens with one attached hydrogen (secondary N) is 1. The Labute approximate surface area is 97.3 Å². The van der Waals surface area contributed by atoms with E-state index in [2.05, 4.69) is 4.98 Å². The number of sulfonamides is 1. The molecule has 0 aliphatic heterocycles. The number of rotatable bonds is 6. The van der Waals surface area contributed by atoms with Gasteiger partial charge in [-0.2, -0.15) is 0 Å². The maximum absolute atomic E-state index is 12.7. The van der Waals surface area contributed by atoms with E-state index in [9.17, 15) is 17.2 Å². The molecule has 0 spiro atoms. The van der Waals surface area contributed by atoms with Gasteiger partial charge in [0, 0.05) is 12.7 Å². The molecule has 0 aromatic carbocycles. The van der Waals surface area contributed by atoms with Gasteiger partial charge in [-0.3, -0.25) is 0 Å². The summed E-state index contributed by atoms with van der Waals surface area (Å²) in [6.07, 6.45) is 2.53. The normalized spacial score (nSPS) is 12.9. The highest BCUT2D eigenvalue weighted by atomic mass is 32.2. The van der Waals surface area contributed by atoms with Crippen LogP contribution in [0.1, 0.15) is 6.92 Å². The SMILES string of the molecule is CCn1cnc(S(=O)(=O)NCC(F)(F)CO)c1. The molecule has 0 atom stereocenters. The number of alkyl halides is 2. The molecule has 0 bridgehead atoms. The minimum absolute atomic E-state index is 0.326. The largest absolute Gasteiger partial charge is 0.390 e. The third kappa shape index (κ3) is 3.72. The van der Waals surface area contributed by atoms with Gasteiger partial charge in [0.1, 0.15) is 6.61 Å². The van der Waals surface area contributed by atoms with E-state index in [1.165, 1.54) is 17.1 Å².